The predicted octanol–water partition coefficient (Wildman–Crippen LogP) is 1.83. The number of rotatable bonds is 3. The molecule has 0 bridgehead atoms. The number of nitrogens with two attached hydrogens (primary N) is 1. The van der Waals surface area contributed by atoms with E-state index in [0.717, 1.165) is 25.0 Å². The van der Waals surface area contributed by atoms with Crippen molar-refractivity contribution in [1.82, 2.24) is 0 Å². The van der Waals surface area contributed by atoms with Crippen molar-refractivity contribution in [2.24, 2.45) is 5.73 Å². The molecule has 0 unspecified atom stereocenters. The summed E-state index contributed by atoms with van der Waals surface area (Å²) in [5.41, 5.74) is 5.46. The topological polar surface area (TPSA) is 35.2 Å². The maximum absolute atomic E-state index is 13.0. The van der Waals surface area contributed by atoms with Crippen molar-refractivity contribution in [1.29, 1.82) is 0 Å². The Hall–Kier alpha value is -1.16. The number of hydrogen-bond donors (Lipinski definition) is 1. The van der Waals surface area contributed by atoms with E-state index in [1.54, 1.807) is 0 Å². The normalized spacial score (nSPS) is 17.9. The van der Waals surface area contributed by atoms with Gasteiger partial charge < -0.3 is 10.5 Å². The molecule has 0 heterocycles. The molecule has 2 nitrogen and oxygen atoms in total. The Labute approximate surface area is 80.7 Å². The zero-order valence-corrected chi connectivity index (χ0v) is 7.59. The highest BCUT2D eigenvalue weighted by Gasteiger charge is 2.39. The van der Waals surface area contributed by atoms with E-state index < -0.39 is 11.6 Å². The highest BCUT2D eigenvalue weighted by atomic mass is 19.1. The van der Waals surface area contributed by atoms with E-state index in [1.807, 2.05) is 0 Å². The smallest absolute Gasteiger partial charge is 0.167 e. The lowest BCUT2D eigenvalue weighted by atomic mass is 10.3. The van der Waals surface area contributed by atoms with E-state index in [1.165, 1.54) is 6.07 Å². The fourth-order valence-electron chi connectivity index (χ4n) is 1.12. The third-order valence-corrected chi connectivity index (χ3v) is 2.30. The minimum absolute atomic E-state index is 0.0584. The number of ether oxygens (including phenoxy) is 1. The molecule has 1 aliphatic carbocycles. The average Bonchev–Trinajstić information content (AvgIpc) is 2.83. The van der Waals surface area contributed by atoms with Crippen LogP contribution in [0.15, 0.2) is 18.2 Å². The van der Waals surface area contributed by atoms with Crippen molar-refractivity contribution in [2.75, 3.05) is 6.61 Å². The molecule has 0 radical (unpaired) electrons. The average molecular weight is 199 g/mol. The second kappa shape index (κ2) is 3.20. The van der Waals surface area contributed by atoms with Gasteiger partial charge in [-0.25, -0.2) is 8.78 Å². The molecule has 0 saturated heterocycles. The Morgan fingerprint density at radius 1 is 1.36 bits per heavy atom. The molecule has 1 aromatic carbocycles. The lowest BCUT2D eigenvalue weighted by Gasteiger charge is -2.11. The van der Waals surface area contributed by atoms with Crippen LogP contribution in [0.2, 0.25) is 0 Å². The van der Waals surface area contributed by atoms with Gasteiger partial charge >= 0.3 is 0 Å². The summed E-state index contributed by atoms with van der Waals surface area (Å²) in [6, 6.07) is 3.23. The van der Waals surface area contributed by atoms with Gasteiger partial charge in [0.05, 0.1) is 5.54 Å². The lowest BCUT2D eigenvalue weighted by molar-refractivity contribution is 0.266. The fraction of sp³-hybridized carbons (Fsp3) is 0.400. The quantitative estimate of drug-likeness (QED) is 0.806. The van der Waals surface area contributed by atoms with Gasteiger partial charge in [-0.15, -0.1) is 0 Å². The van der Waals surface area contributed by atoms with Crippen molar-refractivity contribution in [3.05, 3.63) is 29.8 Å². The van der Waals surface area contributed by atoms with Crippen LogP contribution < -0.4 is 10.5 Å². The standard InChI is InChI=1S/C10H11F2NO/c11-7-1-2-9(8(12)5-7)14-6-10(13)3-4-10/h1-2,5H,3-4,6,13H2. The molecule has 4 heteroatoms. The molecule has 0 aliphatic heterocycles. The van der Waals surface area contributed by atoms with Crippen LogP contribution in [0.5, 0.6) is 5.75 Å². The molecule has 1 aliphatic rings. The van der Waals surface area contributed by atoms with Crippen molar-refractivity contribution < 1.29 is 13.5 Å². The summed E-state index contributed by atoms with van der Waals surface area (Å²) in [5, 5.41) is 0. The van der Waals surface area contributed by atoms with Crippen LogP contribution in [0.1, 0.15) is 12.8 Å². The highest BCUT2D eigenvalue weighted by molar-refractivity contribution is 5.25. The first-order valence-electron chi connectivity index (χ1n) is 4.46. The minimum Gasteiger partial charge on any atom is -0.489 e. The maximum Gasteiger partial charge on any atom is 0.167 e. The Kier molecular flexibility index (Phi) is 2.15. The van der Waals surface area contributed by atoms with Crippen molar-refractivity contribution >= 4 is 0 Å². The van der Waals surface area contributed by atoms with Gasteiger partial charge in [0.1, 0.15) is 12.4 Å². The number of hydrogen-bond acceptors (Lipinski definition) is 2. The zero-order valence-electron chi connectivity index (χ0n) is 7.59. The van der Waals surface area contributed by atoms with Crippen molar-refractivity contribution in [3.63, 3.8) is 0 Å². The summed E-state index contributed by atoms with van der Waals surface area (Å²) >= 11 is 0. The Morgan fingerprint density at radius 2 is 2.07 bits per heavy atom. The van der Waals surface area contributed by atoms with E-state index in [-0.39, 0.29) is 17.9 Å². The zero-order chi connectivity index (χ0) is 10.2. The molecule has 1 aromatic rings. The second-order valence-corrected chi connectivity index (χ2v) is 3.73. The molecule has 0 atom stereocenters. The maximum atomic E-state index is 13.0. The highest BCUT2D eigenvalue weighted by Crippen LogP contribution is 2.33. The van der Waals surface area contributed by atoms with Crippen LogP contribution in [-0.2, 0) is 0 Å². The predicted molar refractivity (Wildman–Crippen MR) is 48.0 cm³/mol. The van der Waals surface area contributed by atoms with Crippen LogP contribution in [0.4, 0.5) is 8.78 Å². The van der Waals surface area contributed by atoms with Crippen LogP contribution in [0, 0.1) is 11.6 Å². The van der Waals surface area contributed by atoms with Gasteiger partial charge in [0.25, 0.3) is 0 Å². The van der Waals surface area contributed by atoms with E-state index in [0.29, 0.717) is 0 Å². The van der Waals surface area contributed by atoms with E-state index in [4.69, 9.17) is 10.5 Å². The molecule has 14 heavy (non-hydrogen) atoms. The summed E-state index contributed by atoms with van der Waals surface area (Å²) in [7, 11) is 0. The molecule has 76 valence electrons. The SMILES string of the molecule is NC1(COc2ccc(F)cc2F)CC1. The number of benzene rings is 1. The molecular formula is C10H11F2NO. The minimum atomic E-state index is -0.686. The molecule has 0 aromatic heterocycles. The van der Waals surface area contributed by atoms with Crippen molar-refractivity contribution in [2.45, 2.75) is 18.4 Å². The first kappa shape index (κ1) is 9.40. The van der Waals surface area contributed by atoms with Gasteiger partial charge in [-0.05, 0) is 25.0 Å². The van der Waals surface area contributed by atoms with Crippen LogP contribution in [0.3, 0.4) is 0 Å². The van der Waals surface area contributed by atoms with E-state index in [2.05, 4.69) is 0 Å². The van der Waals surface area contributed by atoms with Gasteiger partial charge in [0.2, 0.25) is 0 Å². The third kappa shape index (κ3) is 2.01. The van der Waals surface area contributed by atoms with Crippen LogP contribution in [0.25, 0.3) is 0 Å². The Balaban J connectivity index is 2.02. The van der Waals surface area contributed by atoms with Gasteiger partial charge in [-0.2, -0.15) is 0 Å². The monoisotopic (exact) mass is 199 g/mol. The molecule has 1 fully saturated rings. The molecule has 2 N–H and O–H groups in total. The van der Waals surface area contributed by atoms with E-state index in [9.17, 15) is 8.78 Å². The van der Waals surface area contributed by atoms with Gasteiger partial charge in [-0.3, -0.25) is 0 Å². The second-order valence-electron chi connectivity index (χ2n) is 3.73. The Bertz CT molecular complexity index is 350. The number of halogens is 2. The van der Waals surface area contributed by atoms with Gasteiger partial charge in [0.15, 0.2) is 11.6 Å². The summed E-state index contributed by atoms with van der Waals surface area (Å²) < 4.78 is 30.7. The first-order valence-corrected chi connectivity index (χ1v) is 4.46. The first-order chi connectivity index (χ1) is 6.59. The molecule has 2 rings (SSSR count). The summed E-state index contributed by atoms with van der Waals surface area (Å²) in [5.74, 6) is -1.24. The summed E-state index contributed by atoms with van der Waals surface area (Å²) in [6.07, 6.45) is 1.80. The van der Waals surface area contributed by atoms with E-state index >= 15 is 0 Å². The molecule has 0 amide bonds. The largest absolute Gasteiger partial charge is 0.489 e. The fourth-order valence-corrected chi connectivity index (χ4v) is 1.12. The van der Waals surface area contributed by atoms with Crippen LogP contribution >= 0.6 is 0 Å². The van der Waals surface area contributed by atoms with Gasteiger partial charge in [-0.1, -0.05) is 0 Å². The summed E-state index contributed by atoms with van der Waals surface area (Å²) in [4.78, 5) is 0. The van der Waals surface area contributed by atoms with Crippen LogP contribution in [-0.4, -0.2) is 12.1 Å². The third-order valence-electron chi connectivity index (χ3n) is 2.30. The Morgan fingerprint density at radius 3 is 2.64 bits per heavy atom. The molecular weight excluding hydrogens is 188 g/mol. The molecule has 1 saturated carbocycles. The molecule has 0 spiro atoms. The van der Waals surface area contributed by atoms with Crippen molar-refractivity contribution in [3.8, 4) is 5.75 Å². The van der Waals surface area contributed by atoms with Gasteiger partial charge in [0, 0.05) is 6.07 Å². The summed E-state index contributed by atoms with van der Waals surface area (Å²) in [6.45, 7) is 0.287. The lowest BCUT2D eigenvalue weighted by Crippen LogP contribution is -2.29.